The lowest BCUT2D eigenvalue weighted by Gasteiger charge is -2.18. The predicted molar refractivity (Wildman–Crippen MR) is 106 cm³/mol. The Balaban J connectivity index is 2.22. The predicted octanol–water partition coefficient (Wildman–Crippen LogP) is 0.0571. The Hall–Kier alpha value is -1.93. The molecular formula is C19H28N3O4S+. The summed E-state index contributed by atoms with van der Waals surface area (Å²) < 4.78 is 7.70. The van der Waals surface area contributed by atoms with Crippen LogP contribution in [0.3, 0.4) is 0 Å². The van der Waals surface area contributed by atoms with Crippen LogP contribution in [0, 0.1) is 5.92 Å². The zero-order chi connectivity index (χ0) is 19.7. The molecule has 0 saturated heterocycles. The normalized spacial score (nSPS) is 16.7. The molecule has 0 unspecified atom stereocenters. The molecule has 3 rings (SSSR count). The summed E-state index contributed by atoms with van der Waals surface area (Å²) in [6.45, 7) is 5.05. The van der Waals surface area contributed by atoms with E-state index in [1.54, 1.807) is 22.8 Å². The number of likely N-dealkylation sites (N-methyl/N-ethyl adjacent to an activating group) is 1. The number of hydrogen-bond donors (Lipinski definition) is 1. The topological polar surface area (TPSA) is 74.7 Å². The molecule has 1 atom stereocenters. The van der Waals surface area contributed by atoms with E-state index in [1.807, 2.05) is 14.1 Å². The van der Waals surface area contributed by atoms with Crippen molar-refractivity contribution in [3.63, 3.8) is 0 Å². The quantitative estimate of drug-likeness (QED) is 0.703. The Morgan fingerprint density at radius 3 is 2.70 bits per heavy atom. The molecule has 1 aliphatic carbocycles. The lowest BCUT2D eigenvalue weighted by Crippen LogP contribution is -3.06. The molecule has 1 aliphatic rings. The van der Waals surface area contributed by atoms with Crippen LogP contribution in [0.5, 0.6) is 0 Å². The van der Waals surface area contributed by atoms with Crippen molar-refractivity contribution in [1.29, 1.82) is 0 Å². The number of esters is 1. The number of ether oxygens (including phenoxy) is 1. The summed E-state index contributed by atoms with van der Waals surface area (Å²) in [7, 11) is 4.05. The minimum Gasteiger partial charge on any atom is -0.465 e. The Morgan fingerprint density at radius 2 is 2.04 bits per heavy atom. The van der Waals surface area contributed by atoms with Gasteiger partial charge in [0.25, 0.3) is 5.56 Å². The molecule has 8 heteroatoms. The van der Waals surface area contributed by atoms with Gasteiger partial charge < -0.3 is 9.64 Å². The minimum atomic E-state index is -0.557. The molecule has 0 fully saturated rings. The number of nitrogens with one attached hydrogen (secondary N) is 1. The van der Waals surface area contributed by atoms with Crippen LogP contribution < -0.4 is 16.1 Å². The van der Waals surface area contributed by atoms with Crippen LogP contribution in [-0.4, -0.2) is 42.4 Å². The van der Waals surface area contributed by atoms with Crippen molar-refractivity contribution < 1.29 is 14.4 Å². The number of thiophene rings is 1. The molecule has 0 bridgehead atoms. The Labute approximate surface area is 162 Å². The average Bonchev–Trinajstić information content (AvgIpc) is 2.97. The zero-order valence-corrected chi connectivity index (χ0v) is 17.3. The maximum atomic E-state index is 13.2. The highest BCUT2D eigenvalue weighted by molar-refractivity contribution is 7.18. The maximum Gasteiger partial charge on any atom is 0.332 e. The third-order valence-corrected chi connectivity index (χ3v) is 6.40. The lowest BCUT2D eigenvalue weighted by atomic mass is 9.89. The molecule has 27 heavy (non-hydrogen) atoms. The fourth-order valence-electron chi connectivity index (χ4n) is 3.62. The summed E-state index contributed by atoms with van der Waals surface area (Å²) in [6.07, 6.45) is 2.89. The molecule has 2 heterocycles. The van der Waals surface area contributed by atoms with Gasteiger partial charge in [-0.25, -0.2) is 9.36 Å². The summed E-state index contributed by atoms with van der Waals surface area (Å²) in [4.78, 5) is 41.4. The second kappa shape index (κ2) is 7.98. The summed E-state index contributed by atoms with van der Waals surface area (Å²) in [5.41, 5.74) is 0.291. The minimum absolute atomic E-state index is 0.222. The fourth-order valence-corrected chi connectivity index (χ4v) is 4.97. The van der Waals surface area contributed by atoms with E-state index in [-0.39, 0.29) is 18.7 Å². The van der Waals surface area contributed by atoms with Crippen LogP contribution in [0.15, 0.2) is 9.59 Å². The smallest absolute Gasteiger partial charge is 0.332 e. The number of hydrogen-bond acceptors (Lipinski definition) is 5. The van der Waals surface area contributed by atoms with Gasteiger partial charge in [0.2, 0.25) is 0 Å². The van der Waals surface area contributed by atoms with Crippen molar-refractivity contribution in [3.8, 4) is 0 Å². The van der Waals surface area contributed by atoms with Crippen LogP contribution in [0.1, 0.15) is 30.7 Å². The van der Waals surface area contributed by atoms with Crippen LogP contribution >= 0.6 is 11.3 Å². The third kappa shape index (κ3) is 3.87. The molecule has 2 aromatic heterocycles. The molecule has 7 nitrogen and oxygen atoms in total. The first-order chi connectivity index (χ1) is 12.8. The first-order valence-corrected chi connectivity index (χ1v) is 10.4. The molecule has 0 radical (unpaired) electrons. The average molecular weight is 395 g/mol. The number of carbonyl (C=O) groups excluding carboxylic acids is 1. The number of carbonyl (C=O) groups is 1. The van der Waals surface area contributed by atoms with E-state index in [0.717, 1.165) is 40.8 Å². The van der Waals surface area contributed by atoms with Crippen molar-refractivity contribution in [2.24, 2.45) is 5.92 Å². The fraction of sp³-hybridized carbons (Fsp3) is 0.632. The van der Waals surface area contributed by atoms with Crippen molar-refractivity contribution >= 4 is 27.5 Å². The van der Waals surface area contributed by atoms with E-state index in [0.29, 0.717) is 17.8 Å². The van der Waals surface area contributed by atoms with Crippen molar-refractivity contribution in [2.75, 3.05) is 27.2 Å². The van der Waals surface area contributed by atoms with Crippen molar-refractivity contribution in [1.82, 2.24) is 9.13 Å². The monoisotopic (exact) mass is 394 g/mol. The number of quaternary nitrogens is 1. The molecule has 0 saturated carbocycles. The van der Waals surface area contributed by atoms with E-state index in [9.17, 15) is 14.4 Å². The summed E-state index contributed by atoms with van der Waals surface area (Å²) in [6, 6.07) is 0. The number of fused-ring (bicyclic) bond motifs is 3. The van der Waals surface area contributed by atoms with E-state index < -0.39 is 11.7 Å². The zero-order valence-electron chi connectivity index (χ0n) is 16.5. The van der Waals surface area contributed by atoms with Gasteiger partial charge in [0.05, 0.1) is 39.2 Å². The largest absolute Gasteiger partial charge is 0.465 e. The van der Waals surface area contributed by atoms with Crippen LogP contribution in [0.25, 0.3) is 10.2 Å². The highest BCUT2D eigenvalue weighted by Crippen LogP contribution is 2.36. The van der Waals surface area contributed by atoms with Gasteiger partial charge in [-0.05, 0) is 37.7 Å². The van der Waals surface area contributed by atoms with E-state index in [1.165, 1.54) is 9.78 Å². The first kappa shape index (κ1) is 19.8. The molecular weight excluding hydrogens is 366 g/mol. The summed E-state index contributed by atoms with van der Waals surface area (Å²) in [5.74, 6) is -0.0434. The molecule has 0 spiro atoms. The van der Waals surface area contributed by atoms with Crippen molar-refractivity contribution in [2.45, 2.75) is 46.2 Å². The standard InChI is InChI=1S/C19H27N3O4S/c1-5-26-15(23)11-22-17(24)16-13-10-12(2)6-7-14(13)27-18(16)21(19(22)25)9-8-20(3)4/h12H,5-11H2,1-4H3/p+1/t12-/m1/s1. The molecule has 2 aromatic rings. The van der Waals surface area contributed by atoms with Gasteiger partial charge in [0.1, 0.15) is 11.4 Å². The van der Waals surface area contributed by atoms with Gasteiger partial charge in [-0.2, -0.15) is 0 Å². The number of nitrogens with zero attached hydrogens (tertiary/aromatic N) is 2. The molecule has 1 N–H and O–H groups in total. The van der Waals surface area contributed by atoms with Crippen LogP contribution in [-0.2, 0) is 35.5 Å². The van der Waals surface area contributed by atoms with E-state index in [2.05, 4.69) is 6.92 Å². The Bertz CT molecular complexity index is 970. The third-order valence-electron chi connectivity index (χ3n) is 5.08. The van der Waals surface area contributed by atoms with E-state index in [4.69, 9.17) is 4.74 Å². The second-order valence-electron chi connectivity index (χ2n) is 7.62. The van der Waals surface area contributed by atoms with Gasteiger partial charge in [0, 0.05) is 4.88 Å². The highest BCUT2D eigenvalue weighted by Gasteiger charge is 2.26. The van der Waals surface area contributed by atoms with Gasteiger partial charge in [0.15, 0.2) is 0 Å². The number of rotatable bonds is 6. The summed E-state index contributed by atoms with van der Waals surface area (Å²) >= 11 is 1.57. The van der Waals surface area contributed by atoms with Gasteiger partial charge in [-0.3, -0.25) is 14.2 Å². The molecule has 148 valence electrons. The number of aromatic nitrogens is 2. The molecule has 0 amide bonds. The van der Waals surface area contributed by atoms with Gasteiger partial charge in [-0.1, -0.05) is 6.92 Å². The summed E-state index contributed by atoms with van der Waals surface area (Å²) in [5, 5.41) is 0.624. The Morgan fingerprint density at radius 1 is 1.30 bits per heavy atom. The maximum absolute atomic E-state index is 13.2. The van der Waals surface area contributed by atoms with Gasteiger partial charge in [-0.15, -0.1) is 11.3 Å². The molecule has 0 aliphatic heterocycles. The molecule has 0 aromatic carbocycles. The second-order valence-corrected chi connectivity index (χ2v) is 8.70. The van der Waals surface area contributed by atoms with Crippen molar-refractivity contribution in [3.05, 3.63) is 31.3 Å². The lowest BCUT2D eigenvalue weighted by molar-refractivity contribution is -0.858. The SMILES string of the molecule is CCOC(=O)Cn1c(=O)c2c3c(sc2n(CC[NH+](C)C)c1=O)CC[C@@H](C)C3. The number of aryl methyl sites for hydroxylation is 1. The first-order valence-electron chi connectivity index (χ1n) is 9.56. The van der Waals surface area contributed by atoms with Crippen LogP contribution in [0.2, 0.25) is 0 Å². The van der Waals surface area contributed by atoms with Gasteiger partial charge >= 0.3 is 11.7 Å². The van der Waals surface area contributed by atoms with Crippen LogP contribution in [0.4, 0.5) is 0 Å². The van der Waals surface area contributed by atoms with E-state index >= 15 is 0 Å². The highest BCUT2D eigenvalue weighted by atomic mass is 32.1. The Kier molecular flexibility index (Phi) is 5.86.